The molecule has 0 spiro atoms. The topological polar surface area (TPSA) is 56.1 Å². The van der Waals surface area contributed by atoms with E-state index in [4.69, 9.17) is 0 Å². The van der Waals surface area contributed by atoms with Gasteiger partial charge in [0.25, 0.3) is 0 Å². The molecule has 1 fully saturated rings. The van der Waals surface area contributed by atoms with Crippen LogP contribution in [0, 0.1) is 12.8 Å². The second kappa shape index (κ2) is 4.49. The van der Waals surface area contributed by atoms with Crippen molar-refractivity contribution in [3.63, 3.8) is 0 Å². The van der Waals surface area contributed by atoms with Gasteiger partial charge in [0.15, 0.2) is 5.78 Å². The Morgan fingerprint density at radius 2 is 1.70 bits per heavy atom. The maximum absolute atomic E-state index is 12.5. The molecule has 0 aliphatic heterocycles. The van der Waals surface area contributed by atoms with E-state index < -0.39 is 0 Å². The van der Waals surface area contributed by atoms with Crippen LogP contribution < -0.4 is 0 Å². The minimum atomic E-state index is -0.306. The van der Waals surface area contributed by atoms with Crippen molar-refractivity contribution in [3.8, 4) is 0 Å². The van der Waals surface area contributed by atoms with E-state index in [0.29, 0.717) is 17.0 Å². The van der Waals surface area contributed by atoms with Gasteiger partial charge in [0, 0.05) is 18.7 Å². The molecule has 0 saturated heterocycles. The van der Waals surface area contributed by atoms with E-state index in [1.54, 1.807) is 18.5 Å². The molecule has 0 radical (unpaired) electrons. The smallest absolute Gasteiger partial charge is 0.218 e. The van der Waals surface area contributed by atoms with Crippen LogP contribution in [0.4, 0.5) is 0 Å². The van der Waals surface area contributed by atoms with Crippen molar-refractivity contribution in [1.29, 1.82) is 0 Å². The lowest BCUT2D eigenvalue weighted by Crippen LogP contribution is -2.20. The number of Topliss-reactive ketones (excluding diaryl/α,β-unsaturated/α-hetero) is 3. The zero-order valence-electron chi connectivity index (χ0n) is 10.9. The molecular formula is C14H11Br2NO3. The summed E-state index contributed by atoms with van der Waals surface area (Å²) in [7, 11) is 1.71. The van der Waals surface area contributed by atoms with Crippen molar-refractivity contribution in [3.05, 3.63) is 31.5 Å². The Labute approximate surface area is 132 Å². The fourth-order valence-corrected chi connectivity index (χ4v) is 3.30. The molecule has 4 nitrogen and oxygen atoms in total. The zero-order chi connectivity index (χ0) is 14.8. The molecule has 2 aliphatic carbocycles. The van der Waals surface area contributed by atoms with Gasteiger partial charge in [-0.1, -0.05) is 0 Å². The van der Waals surface area contributed by atoms with Gasteiger partial charge < -0.3 is 4.57 Å². The van der Waals surface area contributed by atoms with Gasteiger partial charge in [-0.05, 0) is 51.6 Å². The first-order valence-electron chi connectivity index (χ1n) is 6.24. The van der Waals surface area contributed by atoms with E-state index in [9.17, 15) is 14.4 Å². The molecule has 20 heavy (non-hydrogen) atoms. The minimum absolute atomic E-state index is 0.0104. The lowest BCUT2D eigenvalue weighted by molar-refractivity contribution is 0.0952. The first-order valence-corrected chi connectivity index (χ1v) is 7.83. The van der Waals surface area contributed by atoms with Crippen molar-refractivity contribution in [2.45, 2.75) is 19.8 Å². The number of carbonyl (C=O) groups excluding carboxylic acids is 3. The summed E-state index contributed by atoms with van der Waals surface area (Å²) in [5.41, 5.74) is 1.64. The second-order valence-corrected chi connectivity index (χ2v) is 6.75. The largest absolute Gasteiger partial charge is 0.344 e. The monoisotopic (exact) mass is 399 g/mol. The van der Waals surface area contributed by atoms with E-state index in [2.05, 4.69) is 31.9 Å². The van der Waals surface area contributed by atoms with Gasteiger partial charge >= 0.3 is 0 Å². The Hall–Kier alpha value is -1.01. The zero-order valence-corrected chi connectivity index (χ0v) is 14.1. The number of ketones is 3. The molecule has 1 saturated carbocycles. The number of aromatic nitrogens is 1. The minimum Gasteiger partial charge on any atom is -0.344 e. The quantitative estimate of drug-likeness (QED) is 0.715. The molecule has 0 bridgehead atoms. The first kappa shape index (κ1) is 13.9. The molecule has 2 aliphatic rings. The summed E-state index contributed by atoms with van der Waals surface area (Å²) in [6.07, 6.45) is 1.73. The summed E-state index contributed by atoms with van der Waals surface area (Å²) in [5, 5.41) is 0. The fraction of sp³-hybridized carbons (Fsp3) is 0.357. The Balaban J connectivity index is 2.30. The third-order valence-electron chi connectivity index (χ3n) is 3.92. The highest BCUT2D eigenvalue weighted by Crippen LogP contribution is 2.40. The van der Waals surface area contributed by atoms with Crippen molar-refractivity contribution in [1.82, 2.24) is 4.57 Å². The molecule has 1 aromatic heterocycles. The molecule has 0 N–H and O–H groups in total. The standard InChI is InChI=1S/C14H11Br2NO3/c1-5-7(12(18)6-3-4-6)8-11(17(5)2)14(20)10(16)9(15)13(8)19/h6H,3-4H2,1-2H3. The Bertz CT molecular complexity index is 723. The van der Waals surface area contributed by atoms with E-state index in [1.807, 2.05) is 0 Å². The normalized spacial score (nSPS) is 18.6. The number of allylic oxidation sites excluding steroid dienone is 2. The van der Waals surface area contributed by atoms with E-state index in [-0.39, 0.29) is 37.8 Å². The molecule has 0 atom stereocenters. The van der Waals surface area contributed by atoms with Crippen LogP contribution in [0.2, 0.25) is 0 Å². The highest BCUT2D eigenvalue weighted by Gasteiger charge is 2.41. The molecular weight excluding hydrogens is 390 g/mol. The molecule has 0 unspecified atom stereocenters. The van der Waals surface area contributed by atoms with Gasteiger partial charge in [-0.2, -0.15) is 0 Å². The van der Waals surface area contributed by atoms with Gasteiger partial charge in [0.1, 0.15) is 5.69 Å². The van der Waals surface area contributed by atoms with E-state index in [1.165, 1.54) is 0 Å². The Morgan fingerprint density at radius 3 is 2.25 bits per heavy atom. The van der Waals surface area contributed by atoms with Crippen LogP contribution in [0.5, 0.6) is 0 Å². The molecule has 3 rings (SSSR count). The van der Waals surface area contributed by atoms with Crippen LogP contribution in [-0.2, 0) is 7.05 Å². The summed E-state index contributed by atoms with van der Waals surface area (Å²) < 4.78 is 2.04. The lowest BCUT2D eigenvalue weighted by Gasteiger charge is -2.13. The predicted octanol–water partition coefficient (Wildman–Crippen LogP) is 3.31. The number of hydrogen-bond acceptors (Lipinski definition) is 3. The van der Waals surface area contributed by atoms with Crippen molar-refractivity contribution in [2.75, 3.05) is 0 Å². The highest BCUT2D eigenvalue weighted by atomic mass is 79.9. The summed E-state index contributed by atoms with van der Waals surface area (Å²) in [4.78, 5) is 37.2. The predicted molar refractivity (Wildman–Crippen MR) is 80.7 cm³/mol. The average molecular weight is 401 g/mol. The Kier molecular flexibility index (Phi) is 3.14. The molecule has 1 heterocycles. The first-order chi connectivity index (χ1) is 9.36. The molecule has 6 heteroatoms. The summed E-state index contributed by atoms with van der Waals surface area (Å²) in [6, 6.07) is 0. The number of hydrogen-bond donors (Lipinski definition) is 0. The SMILES string of the molecule is Cc1c(C(=O)C2CC2)c2c(n1C)C(=O)C(Br)=C(Br)C2=O. The van der Waals surface area contributed by atoms with Crippen LogP contribution in [0.3, 0.4) is 0 Å². The second-order valence-electron chi connectivity index (χ2n) is 5.17. The van der Waals surface area contributed by atoms with Gasteiger partial charge in [0.05, 0.1) is 20.1 Å². The van der Waals surface area contributed by atoms with Gasteiger partial charge in [-0.15, -0.1) is 0 Å². The highest BCUT2D eigenvalue weighted by molar-refractivity contribution is 9.14. The maximum Gasteiger partial charge on any atom is 0.218 e. The summed E-state index contributed by atoms with van der Waals surface area (Å²) in [6.45, 7) is 1.77. The van der Waals surface area contributed by atoms with Crippen LogP contribution in [0.25, 0.3) is 0 Å². The molecule has 0 amide bonds. The van der Waals surface area contributed by atoms with Crippen LogP contribution in [0.1, 0.15) is 49.7 Å². The fourth-order valence-electron chi connectivity index (χ4n) is 2.55. The van der Waals surface area contributed by atoms with Crippen LogP contribution in [-0.4, -0.2) is 21.9 Å². The summed E-state index contributed by atoms with van der Waals surface area (Å²) >= 11 is 6.28. The lowest BCUT2D eigenvalue weighted by atomic mass is 9.94. The molecule has 104 valence electrons. The number of carbonyl (C=O) groups is 3. The van der Waals surface area contributed by atoms with Crippen LogP contribution in [0.15, 0.2) is 8.96 Å². The van der Waals surface area contributed by atoms with E-state index >= 15 is 0 Å². The summed E-state index contributed by atoms with van der Waals surface area (Å²) in [5.74, 6) is -0.582. The van der Waals surface area contributed by atoms with Gasteiger partial charge in [-0.25, -0.2) is 0 Å². The van der Waals surface area contributed by atoms with Crippen molar-refractivity contribution < 1.29 is 14.4 Å². The average Bonchev–Trinajstić information content (AvgIpc) is 3.22. The van der Waals surface area contributed by atoms with Crippen molar-refractivity contribution in [2.24, 2.45) is 13.0 Å². The number of fused-ring (bicyclic) bond motifs is 1. The third kappa shape index (κ3) is 1.74. The number of nitrogens with zero attached hydrogens (tertiary/aromatic N) is 1. The van der Waals surface area contributed by atoms with Crippen LogP contribution >= 0.6 is 31.9 Å². The molecule has 0 aromatic carbocycles. The van der Waals surface area contributed by atoms with Crippen molar-refractivity contribution >= 4 is 49.2 Å². The molecule has 1 aromatic rings. The maximum atomic E-state index is 12.5. The van der Waals surface area contributed by atoms with E-state index in [0.717, 1.165) is 12.8 Å². The third-order valence-corrected chi connectivity index (χ3v) is 5.96. The Morgan fingerprint density at radius 1 is 1.15 bits per heavy atom. The van der Waals surface area contributed by atoms with Gasteiger partial charge in [-0.3, -0.25) is 14.4 Å². The number of halogens is 2. The number of rotatable bonds is 2. The van der Waals surface area contributed by atoms with Gasteiger partial charge in [0.2, 0.25) is 11.6 Å².